The summed E-state index contributed by atoms with van der Waals surface area (Å²) >= 11 is 0. The second kappa shape index (κ2) is 5.27. The van der Waals surface area contributed by atoms with Crippen LogP contribution in [0.2, 0.25) is 0 Å². The van der Waals surface area contributed by atoms with Crippen LogP contribution in [0.1, 0.15) is 25.3 Å². The van der Waals surface area contributed by atoms with Crippen LogP contribution in [0.25, 0.3) is 0 Å². The highest BCUT2D eigenvalue weighted by Crippen LogP contribution is 2.48. The van der Waals surface area contributed by atoms with E-state index in [0.717, 1.165) is 5.57 Å². The number of rotatable bonds is 6. The summed E-state index contributed by atoms with van der Waals surface area (Å²) in [6, 6.07) is 6.15. The van der Waals surface area contributed by atoms with Gasteiger partial charge in [-0.2, -0.15) is 4.31 Å². The largest absolute Gasteiger partial charge is 0.481 e. The average molecular weight is 309 g/mol. The standard InChI is InChI=1S/C15H19NO4S/c1-11(2)10-16(3)21(19,20)13-6-4-12(5-7-13)15(8-9-15)14(17)18/h4-7H,1,8-10H2,2-3H3,(H,17,18). The molecule has 2 rings (SSSR count). The molecular weight excluding hydrogens is 290 g/mol. The monoisotopic (exact) mass is 309 g/mol. The van der Waals surface area contributed by atoms with E-state index in [0.29, 0.717) is 18.4 Å². The Morgan fingerprint density at radius 2 is 1.86 bits per heavy atom. The normalized spacial score (nSPS) is 16.7. The highest BCUT2D eigenvalue weighted by molar-refractivity contribution is 7.89. The molecule has 1 aromatic rings. The SMILES string of the molecule is C=C(C)CN(C)S(=O)(=O)c1ccc(C2(C(=O)O)CC2)cc1. The zero-order valence-corrected chi connectivity index (χ0v) is 13.0. The number of carbonyl (C=O) groups is 1. The third-order valence-corrected chi connectivity index (χ3v) is 5.58. The maximum atomic E-state index is 12.3. The third kappa shape index (κ3) is 2.87. The fraction of sp³-hybridized carbons (Fsp3) is 0.400. The second-order valence-corrected chi connectivity index (χ2v) is 7.67. The summed E-state index contributed by atoms with van der Waals surface area (Å²) in [6.45, 7) is 5.72. The van der Waals surface area contributed by atoms with Gasteiger partial charge in [-0.3, -0.25) is 4.79 Å². The lowest BCUT2D eigenvalue weighted by atomic mass is 9.96. The van der Waals surface area contributed by atoms with E-state index in [4.69, 9.17) is 0 Å². The van der Waals surface area contributed by atoms with Gasteiger partial charge < -0.3 is 5.11 Å². The summed E-state index contributed by atoms with van der Waals surface area (Å²) in [7, 11) is -2.07. The molecule has 0 saturated heterocycles. The van der Waals surface area contributed by atoms with E-state index in [2.05, 4.69) is 6.58 Å². The zero-order chi connectivity index (χ0) is 15.8. The molecule has 0 heterocycles. The first-order valence-corrected chi connectivity index (χ1v) is 8.09. The zero-order valence-electron chi connectivity index (χ0n) is 12.2. The fourth-order valence-electron chi connectivity index (χ4n) is 2.34. The first kappa shape index (κ1) is 15.7. The third-order valence-electron chi connectivity index (χ3n) is 3.77. The van der Waals surface area contributed by atoms with Crippen molar-refractivity contribution < 1.29 is 18.3 Å². The molecule has 1 aromatic carbocycles. The van der Waals surface area contributed by atoms with Gasteiger partial charge >= 0.3 is 5.97 Å². The number of sulfonamides is 1. The number of carboxylic acids is 1. The Bertz CT molecular complexity index is 672. The predicted molar refractivity (Wildman–Crippen MR) is 79.6 cm³/mol. The number of aliphatic carboxylic acids is 1. The van der Waals surface area contributed by atoms with E-state index in [1.54, 1.807) is 19.1 Å². The first-order chi connectivity index (χ1) is 9.70. The summed E-state index contributed by atoms with van der Waals surface area (Å²) in [4.78, 5) is 11.4. The number of carboxylic acid groups (broad SMARTS) is 1. The molecule has 0 bridgehead atoms. The van der Waals surface area contributed by atoms with Crippen LogP contribution in [0.15, 0.2) is 41.3 Å². The molecule has 1 fully saturated rings. The van der Waals surface area contributed by atoms with E-state index in [1.165, 1.54) is 23.5 Å². The van der Waals surface area contributed by atoms with Gasteiger partial charge in [-0.1, -0.05) is 24.3 Å². The molecule has 1 N–H and O–H groups in total. The van der Waals surface area contributed by atoms with Gasteiger partial charge in [0, 0.05) is 13.6 Å². The van der Waals surface area contributed by atoms with Gasteiger partial charge in [0.05, 0.1) is 10.3 Å². The summed E-state index contributed by atoms with van der Waals surface area (Å²) in [5.74, 6) is -0.850. The van der Waals surface area contributed by atoms with Crippen molar-refractivity contribution in [2.24, 2.45) is 0 Å². The van der Waals surface area contributed by atoms with Gasteiger partial charge in [-0.05, 0) is 37.5 Å². The minimum atomic E-state index is -3.57. The lowest BCUT2D eigenvalue weighted by Gasteiger charge is -2.18. The lowest BCUT2D eigenvalue weighted by Crippen LogP contribution is -2.28. The topological polar surface area (TPSA) is 74.7 Å². The Labute approximate surface area is 124 Å². The van der Waals surface area contributed by atoms with Crippen LogP contribution >= 0.6 is 0 Å². The lowest BCUT2D eigenvalue weighted by molar-refractivity contribution is -0.140. The summed E-state index contributed by atoms with van der Waals surface area (Å²) in [5, 5.41) is 9.24. The molecule has 21 heavy (non-hydrogen) atoms. The summed E-state index contributed by atoms with van der Waals surface area (Å²) < 4.78 is 25.9. The fourth-order valence-corrected chi connectivity index (χ4v) is 3.57. The van der Waals surface area contributed by atoms with Gasteiger partial charge in [-0.25, -0.2) is 8.42 Å². The molecule has 114 valence electrons. The number of benzene rings is 1. The van der Waals surface area contributed by atoms with E-state index >= 15 is 0 Å². The van der Waals surface area contributed by atoms with Crippen molar-refractivity contribution in [1.29, 1.82) is 0 Å². The van der Waals surface area contributed by atoms with Crippen LogP contribution in [0.3, 0.4) is 0 Å². The smallest absolute Gasteiger partial charge is 0.314 e. The molecule has 0 radical (unpaired) electrons. The summed E-state index contributed by atoms with van der Waals surface area (Å²) in [6.07, 6.45) is 1.20. The average Bonchev–Trinajstić information content (AvgIpc) is 3.19. The Morgan fingerprint density at radius 3 is 2.24 bits per heavy atom. The molecule has 0 aliphatic heterocycles. The van der Waals surface area contributed by atoms with Crippen LogP contribution in [-0.4, -0.2) is 37.4 Å². The maximum absolute atomic E-state index is 12.3. The molecule has 1 aliphatic carbocycles. The molecule has 0 unspecified atom stereocenters. The highest BCUT2D eigenvalue weighted by atomic mass is 32.2. The Kier molecular flexibility index (Phi) is 3.95. The molecule has 0 aromatic heterocycles. The second-order valence-electron chi connectivity index (χ2n) is 5.63. The van der Waals surface area contributed by atoms with Gasteiger partial charge in [0.2, 0.25) is 10.0 Å². The minimum Gasteiger partial charge on any atom is -0.481 e. The van der Waals surface area contributed by atoms with Gasteiger partial charge in [0.1, 0.15) is 0 Å². The van der Waals surface area contributed by atoms with E-state index in [1.807, 2.05) is 0 Å². The highest BCUT2D eigenvalue weighted by Gasteiger charge is 2.51. The first-order valence-electron chi connectivity index (χ1n) is 6.65. The Balaban J connectivity index is 2.27. The van der Waals surface area contributed by atoms with Crippen molar-refractivity contribution in [3.05, 3.63) is 42.0 Å². The molecular formula is C15H19NO4S. The number of hydrogen-bond donors (Lipinski definition) is 1. The van der Waals surface area contributed by atoms with Crippen LogP contribution in [-0.2, 0) is 20.2 Å². The quantitative estimate of drug-likeness (QED) is 0.816. The molecule has 1 aliphatic rings. The number of hydrogen-bond acceptors (Lipinski definition) is 3. The van der Waals surface area contributed by atoms with E-state index < -0.39 is 21.4 Å². The van der Waals surface area contributed by atoms with Crippen molar-refractivity contribution in [2.75, 3.05) is 13.6 Å². The minimum absolute atomic E-state index is 0.163. The van der Waals surface area contributed by atoms with E-state index in [9.17, 15) is 18.3 Å². The summed E-state index contributed by atoms with van der Waals surface area (Å²) in [5.41, 5.74) is 0.600. The predicted octanol–water partition coefficient (Wildman–Crippen LogP) is 2.00. The molecule has 0 spiro atoms. The molecule has 6 heteroatoms. The van der Waals surface area contributed by atoms with Crippen molar-refractivity contribution >= 4 is 16.0 Å². The Morgan fingerprint density at radius 1 is 1.33 bits per heavy atom. The van der Waals surface area contributed by atoms with Crippen LogP contribution < -0.4 is 0 Å². The van der Waals surface area contributed by atoms with Crippen molar-refractivity contribution in [3.63, 3.8) is 0 Å². The Hall–Kier alpha value is -1.66. The maximum Gasteiger partial charge on any atom is 0.314 e. The van der Waals surface area contributed by atoms with Gasteiger partial charge in [-0.15, -0.1) is 0 Å². The number of likely N-dealkylation sites (N-methyl/N-ethyl adjacent to an activating group) is 1. The van der Waals surface area contributed by atoms with Gasteiger partial charge in [0.15, 0.2) is 0 Å². The molecule has 0 amide bonds. The van der Waals surface area contributed by atoms with Crippen molar-refractivity contribution in [2.45, 2.75) is 30.1 Å². The van der Waals surface area contributed by atoms with Crippen LogP contribution in [0, 0.1) is 0 Å². The van der Waals surface area contributed by atoms with Crippen molar-refractivity contribution in [3.8, 4) is 0 Å². The van der Waals surface area contributed by atoms with Crippen LogP contribution in [0.4, 0.5) is 0 Å². The van der Waals surface area contributed by atoms with E-state index in [-0.39, 0.29) is 11.4 Å². The molecule has 5 nitrogen and oxygen atoms in total. The molecule has 0 atom stereocenters. The van der Waals surface area contributed by atoms with Crippen LogP contribution in [0.5, 0.6) is 0 Å². The number of nitrogens with zero attached hydrogens (tertiary/aromatic N) is 1. The van der Waals surface area contributed by atoms with Crippen molar-refractivity contribution in [1.82, 2.24) is 4.31 Å². The molecule has 1 saturated carbocycles. The van der Waals surface area contributed by atoms with Gasteiger partial charge in [0.25, 0.3) is 0 Å².